The van der Waals surface area contributed by atoms with Crippen molar-refractivity contribution in [2.24, 2.45) is 0 Å². The van der Waals surface area contributed by atoms with Crippen molar-refractivity contribution in [3.63, 3.8) is 0 Å². The molecule has 1 fully saturated rings. The number of carbonyl (C=O) groups excluding carboxylic acids is 1. The quantitative estimate of drug-likeness (QED) is 0.782. The number of hydrogen-bond donors (Lipinski definition) is 1. The zero-order chi connectivity index (χ0) is 18.4. The summed E-state index contributed by atoms with van der Waals surface area (Å²) in [7, 11) is 0. The number of rotatable bonds is 6. The average molecular weight is 379 g/mol. The van der Waals surface area contributed by atoms with Gasteiger partial charge in [-0.3, -0.25) is 4.90 Å². The molecule has 0 bridgehead atoms. The van der Waals surface area contributed by atoms with Gasteiger partial charge in [0.25, 0.3) is 0 Å². The fraction of sp³-hybridized carbons (Fsp3) is 0.444. The van der Waals surface area contributed by atoms with Gasteiger partial charge < -0.3 is 19.5 Å². The van der Waals surface area contributed by atoms with Crippen LogP contribution in [0.5, 0.6) is 5.75 Å². The molecule has 3 rings (SSSR count). The van der Waals surface area contributed by atoms with Gasteiger partial charge in [0.2, 0.25) is 0 Å². The molecule has 2 heterocycles. The van der Waals surface area contributed by atoms with Crippen LogP contribution in [0, 0.1) is 6.92 Å². The predicted molar refractivity (Wildman–Crippen MR) is 98.4 cm³/mol. The Morgan fingerprint density at radius 2 is 2.00 bits per heavy atom. The zero-order valence-corrected chi connectivity index (χ0v) is 15.5. The largest absolute Gasteiger partial charge is 0.492 e. The number of aryl methyl sites for hydroxylation is 1. The standard InChI is InChI=1S/C18H23ClN4O3/c1-14-12-17(26-21-14)13-22-7-9-23(10-8-22)18(24)20-6-11-25-16-4-2-15(19)3-5-16/h2-5,12H,6-11,13H2,1H3,(H,20,24). The SMILES string of the molecule is Cc1cc(CN2CCN(C(=O)NCCOc3ccc(Cl)cc3)CC2)on1. The number of halogens is 1. The van der Waals surface area contributed by atoms with E-state index in [0.717, 1.165) is 36.8 Å². The van der Waals surface area contributed by atoms with E-state index >= 15 is 0 Å². The molecule has 0 radical (unpaired) electrons. The first kappa shape index (κ1) is 18.5. The van der Waals surface area contributed by atoms with E-state index < -0.39 is 0 Å². The van der Waals surface area contributed by atoms with Crippen LogP contribution in [-0.4, -0.2) is 60.3 Å². The molecule has 26 heavy (non-hydrogen) atoms. The highest BCUT2D eigenvalue weighted by Crippen LogP contribution is 2.15. The summed E-state index contributed by atoms with van der Waals surface area (Å²) in [4.78, 5) is 16.3. The van der Waals surface area contributed by atoms with Gasteiger partial charge in [-0.25, -0.2) is 4.79 Å². The molecular formula is C18H23ClN4O3. The van der Waals surface area contributed by atoms with E-state index in [1.165, 1.54) is 0 Å². The van der Waals surface area contributed by atoms with Crippen LogP contribution in [0.25, 0.3) is 0 Å². The van der Waals surface area contributed by atoms with Gasteiger partial charge in [-0.1, -0.05) is 16.8 Å². The van der Waals surface area contributed by atoms with Gasteiger partial charge >= 0.3 is 6.03 Å². The highest BCUT2D eigenvalue weighted by Gasteiger charge is 2.21. The molecule has 2 aromatic rings. The molecule has 2 amide bonds. The Kier molecular flexibility index (Phi) is 6.35. The molecule has 0 unspecified atom stereocenters. The fourth-order valence-electron chi connectivity index (χ4n) is 2.79. The molecule has 1 aliphatic heterocycles. The van der Waals surface area contributed by atoms with E-state index in [0.29, 0.717) is 31.3 Å². The molecule has 0 saturated carbocycles. The Hall–Kier alpha value is -2.25. The van der Waals surface area contributed by atoms with E-state index in [9.17, 15) is 4.79 Å². The van der Waals surface area contributed by atoms with Gasteiger partial charge in [-0.15, -0.1) is 0 Å². The van der Waals surface area contributed by atoms with Gasteiger partial charge in [-0.05, 0) is 31.2 Å². The van der Waals surface area contributed by atoms with Gasteiger partial charge in [0, 0.05) is 37.3 Å². The molecule has 0 aliphatic carbocycles. The van der Waals surface area contributed by atoms with Gasteiger partial charge in [0.05, 0.1) is 18.8 Å². The normalized spacial score (nSPS) is 15.1. The van der Waals surface area contributed by atoms with E-state index in [1.807, 2.05) is 17.9 Å². The van der Waals surface area contributed by atoms with Crippen LogP contribution in [0.1, 0.15) is 11.5 Å². The molecule has 0 spiro atoms. The summed E-state index contributed by atoms with van der Waals surface area (Å²) in [5.41, 5.74) is 0.888. The van der Waals surface area contributed by atoms with Crippen molar-refractivity contribution in [2.45, 2.75) is 13.5 Å². The Morgan fingerprint density at radius 3 is 2.65 bits per heavy atom. The third-order valence-corrected chi connectivity index (χ3v) is 4.43. The molecule has 8 heteroatoms. The fourth-order valence-corrected chi connectivity index (χ4v) is 2.92. The van der Waals surface area contributed by atoms with Crippen LogP contribution in [0.15, 0.2) is 34.9 Å². The third-order valence-electron chi connectivity index (χ3n) is 4.18. The lowest BCUT2D eigenvalue weighted by atomic mass is 10.3. The molecule has 1 aromatic heterocycles. The van der Waals surface area contributed by atoms with Crippen molar-refractivity contribution in [3.05, 3.63) is 46.8 Å². The van der Waals surface area contributed by atoms with Crippen LogP contribution < -0.4 is 10.1 Å². The molecule has 7 nitrogen and oxygen atoms in total. The minimum atomic E-state index is -0.0557. The van der Waals surface area contributed by atoms with Crippen LogP contribution in [0.3, 0.4) is 0 Å². The summed E-state index contributed by atoms with van der Waals surface area (Å²) in [5.74, 6) is 1.60. The number of carbonyl (C=O) groups is 1. The molecule has 0 atom stereocenters. The second-order valence-electron chi connectivity index (χ2n) is 6.23. The van der Waals surface area contributed by atoms with Crippen LogP contribution >= 0.6 is 11.6 Å². The topological polar surface area (TPSA) is 70.8 Å². The monoisotopic (exact) mass is 378 g/mol. The van der Waals surface area contributed by atoms with Crippen molar-refractivity contribution in [3.8, 4) is 5.75 Å². The van der Waals surface area contributed by atoms with E-state index in [1.54, 1.807) is 24.3 Å². The Balaban J connectivity index is 1.32. The van der Waals surface area contributed by atoms with Crippen molar-refractivity contribution >= 4 is 17.6 Å². The van der Waals surface area contributed by atoms with E-state index in [-0.39, 0.29) is 6.03 Å². The van der Waals surface area contributed by atoms with Crippen molar-refractivity contribution in [1.82, 2.24) is 20.3 Å². The number of nitrogens with zero attached hydrogens (tertiary/aromatic N) is 3. The van der Waals surface area contributed by atoms with Crippen molar-refractivity contribution in [1.29, 1.82) is 0 Å². The lowest BCUT2D eigenvalue weighted by Crippen LogP contribution is -2.51. The summed E-state index contributed by atoms with van der Waals surface area (Å²) in [6, 6.07) is 9.04. The number of hydrogen-bond acceptors (Lipinski definition) is 5. The Bertz CT molecular complexity index is 711. The van der Waals surface area contributed by atoms with Crippen LogP contribution in [-0.2, 0) is 6.54 Å². The number of benzene rings is 1. The number of aromatic nitrogens is 1. The second-order valence-corrected chi connectivity index (χ2v) is 6.67. The molecule has 140 valence electrons. The van der Waals surface area contributed by atoms with Gasteiger partial charge in [0.15, 0.2) is 5.76 Å². The molecule has 1 aromatic carbocycles. The maximum atomic E-state index is 12.2. The van der Waals surface area contributed by atoms with Crippen LogP contribution in [0.4, 0.5) is 4.79 Å². The lowest BCUT2D eigenvalue weighted by molar-refractivity contribution is 0.127. The molecular weight excluding hydrogens is 356 g/mol. The minimum Gasteiger partial charge on any atom is -0.492 e. The molecule has 1 saturated heterocycles. The minimum absolute atomic E-state index is 0.0557. The van der Waals surface area contributed by atoms with Gasteiger partial charge in [-0.2, -0.15) is 0 Å². The maximum Gasteiger partial charge on any atom is 0.317 e. The summed E-state index contributed by atoms with van der Waals surface area (Å²) in [6.45, 7) is 6.52. The average Bonchev–Trinajstić information content (AvgIpc) is 3.05. The van der Waals surface area contributed by atoms with Crippen molar-refractivity contribution < 1.29 is 14.1 Å². The molecule has 1 N–H and O–H groups in total. The maximum absolute atomic E-state index is 12.2. The first-order valence-electron chi connectivity index (χ1n) is 8.66. The summed E-state index contributed by atoms with van der Waals surface area (Å²) < 4.78 is 10.8. The Labute approximate surface area is 157 Å². The predicted octanol–water partition coefficient (Wildman–Crippen LogP) is 2.54. The number of amides is 2. The number of ether oxygens (including phenoxy) is 1. The van der Waals surface area contributed by atoms with Crippen LogP contribution in [0.2, 0.25) is 5.02 Å². The smallest absolute Gasteiger partial charge is 0.317 e. The zero-order valence-electron chi connectivity index (χ0n) is 14.8. The number of piperazine rings is 1. The van der Waals surface area contributed by atoms with Crippen molar-refractivity contribution in [2.75, 3.05) is 39.3 Å². The molecule has 1 aliphatic rings. The highest BCUT2D eigenvalue weighted by molar-refractivity contribution is 6.30. The van der Waals surface area contributed by atoms with E-state index in [2.05, 4.69) is 15.4 Å². The van der Waals surface area contributed by atoms with Gasteiger partial charge in [0.1, 0.15) is 12.4 Å². The first-order valence-corrected chi connectivity index (χ1v) is 9.03. The highest BCUT2D eigenvalue weighted by atomic mass is 35.5. The first-order chi connectivity index (χ1) is 12.6. The Morgan fingerprint density at radius 1 is 1.27 bits per heavy atom. The second kappa shape index (κ2) is 8.91. The lowest BCUT2D eigenvalue weighted by Gasteiger charge is -2.34. The summed E-state index contributed by atoms with van der Waals surface area (Å²) in [5, 5.41) is 7.46. The summed E-state index contributed by atoms with van der Waals surface area (Å²) >= 11 is 5.83. The number of nitrogens with one attached hydrogen (secondary N) is 1. The number of urea groups is 1. The third kappa shape index (κ3) is 5.37. The summed E-state index contributed by atoms with van der Waals surface area (Å²) in [6.07, 6.45) is 0. The van der Waals surface area contributed by atoms with E-state index in [4.69, 9.17) is 20.9 Å².